The van der Waals surface area contributed by atoms with Crippen molar-refractivity contribution in [3.8, 4) is 5.75 Å². The number of aliphatic carboxylic acids is 1. The third kappa shape index (κ3) is 3.37. The first-order valence-corrected chi connectivity index (χ1v) is 7.45. The molecule has 0 aliphatic carbocycles. The number of carbonyl (C=O) groups excluding carboxylic acids is 1. The lowest BCUT2D eigenvalue weighted by Gasteiger charge is -2.24. The molecule has 108 valence electrons. The monoisotopic (exact) mass is 315 g/mol. The second-order valence-corrected chi connectivity index (χ2v) is 6.12. The molecule has 2 atom stereocenters. The van der Waals surface area contributed by atoms with Gasteiger partial charge in [0.15, 0.2) is 6.61 Å². The molecule has 0 aromatic heterocycles. The van der Waals surface area contributed by atoms with Gasteiger partial charge in [-0.3, -0.25) is 4.79 Å². The molecule has 0 bridgehead atoms. The number of halogens is 1. The van der Waals surface area contributed by atoms with Crippen molar-refractivity contribution in [2.45, 2.75) is 18.3 Å². The molecule has 1 aliphatic heterocycles. The van der Waals surface area contributed by atoms with Crippen LogP contribution >= 0.6 is 23.4 Å². The van der Waals surface area contributed by atoms with Gasteiger partial charge in [0, 0.05) is 10.8 Å². The first-order chi connectivity index (χ1) is 9.49. The van der Waals surface area contributed by atoms with E-state index in [1.807, 2.05) is 6.92 Å². The van der Waals surface area contributed by atoms with Gasteiger partial charge in [-0.05, 0) is 25.1 Å². The van der Waals surface area contributed by atoms with Crippen LogP contribution in [0.5, 0.6) is 5.75 Å². The van der Waals surface area contributed by atoms with Gasteiger partial charge in [0.25, 0.3) is 5.91 Å². The van der Waals surface area contributed by atoms with Gasteiger partial charge < -0.3 is 14.7 Å². The fraction of sp³-hybridized carbons (Fsp3) is 0.385. The van der Waals surface area contributed by atoms with Gasteiger partial charge in [0.05, 0.1) is 5.37 Å². The molecule has 1 saturated heterocycles. The molecule has 1 aromatic carbocycles. The third-order valence-corrected chi connectivity index (χ3v) is 4.41. The number of carbonyl (C=O) groups is 2. The number of ether oxygens (including phenoxy) is 1. The van der Waals surface area contributed by atoms with E-state index in [0.717, 1.165) is 0 Å². The van der Waals surface area contributed by atoms with Crippen molar-refractivity contribution in [1.29, 1.82) is 0 Å². The number of nitrogens with zero attached hydrogens (tertiary/aromatic N) is 1. The number of amides is 1. The van der Waals surface area contributed by atoms with Crippen molar-refractivity contribution in [2.75, 3.05) is 12.4 Å². The van der Waals surface area contributed by atoms with Crippen LogP contribution < -0.4 is 4.74 Å². The zero-order valence-electron chi connectivity index (χ0n) is 10.8. The smallest absolute Gasteiger partial charge is 0.327 e. The van der Waals surface area contributed by atoms with Crippen LogP contribution in [0, 0.1) is 0 Å². The standard InChI is InChI=1S/C13H14ClNO4S/c1-8-15(11(7-20-8)13(17)18)12(16)6-19-10-4-2-3-9(14)5-10/h2-5,8,11H,6-7H2,1H3,(H,17,18). The number of benzene rings is 1. The normalized spacial score (nSPS) is 21.8. The Balaban J connectivity index is 1.99. The molecule has 1 aromatic rings. The Bertz CT molecular complexity index is 525. The van der Waals surface area contributed by atoms with E-state index >= 15 is 0 Å². The van der Waals surface area contributed by atoms with E-state index in [9.17, 15) is 9.59 Å². The molecular weight excluding hydrogens is 302 g/mol. The number of thioether (sulfide) groups is 1. The van der Waals surface area contributed by atoms with Crippen LogP contribution in [-0.2, 0) is 9.59 Å². The van der Waals surface area contributed by atoms with E-state index in [-0.39, 0.29) is 17.9 Å². The van der Waals surface area contributed by atoms with Crippen LogP contribution in [0.4, 0.5) is 0 Å². The first kappa shape index (κ1) is 15.0. The minimum atomic E-state index is -0.988. The fourth-order valence-electron chi connectivity index (χ4n) is 1.99. The van der Waals surface area contributed by atoms with E-state index in [1.54, 1.807) is 24.3 Å². The highest BCUT2D eigenvalue weighted by Crippen LogP contribution is 2.29. The minimum Gasteiger partial charge on any atom is -0.484 e. The molecule has 2 unspecified atom stereocenters. The molecule has 1 fully saturated rings. The minimum absolute atomic E-state index is 0.161. The summed E-state index contributed by atoms with van der Waals surface area (Å²) in [4.78, 5) is 24.6. The zero-order chi connectivity index (χ0) is 14.7. The molecule has 1 heterocycles. The Hall–Kier alpha value is -1.40. The average molecular weight is 316 g/mol. The van der Waals surface area contributed by atoms with Crippen molar-refractivity contribution in [1.82, 2.24) is 4.90 Å². The highest BCUT2D eigenvalue weighted by molar-refractivity contribution is 8.00. The lowest BCUT2D eigenvalue weighted by Crippen LogP contribution is -2.46. The molecule has 1 aliphatic rings. The molecule has 1 N–H and O–H groups in total. The Morgan fingerprint density at radius 2 is 2.30 bits per heavy atom. The summed E-state index contributed by atoms with van der Waals surface area (Å²) in [6, 6.07) is 5.93. The highest BCUT2D eigenvalue weighted by Gasteiger charge is 2.39. The summed E-state index contributed by atoms with van der Waals surface area (Å²) in [5, 5.41) is 9.46. The van der Waals surface area contributed by atoms with Gasteiger partial charge in [-0.25, -0.2) is 4.79 Å². The lowest BCUT2D eigenvalue weighted by atomic mass is 10.3. The van der Waals surface area contributed by atoms with E-state index in [1.165, 1.54) is 16.7 Å². The van der Waals surface area contributed by atoms with Crippen molar-refractivity contribution in [3.05, 3.63) is 29.3 Å². The van der Waals surface area contributed by atoms with Gasteiger partial charge in [0.1, 0.15) is 11.8 Å². The van der Waals surface area contributed by atoms with Crippen LogP contribution in [0.2, 0.25) is 5.02 Å². The highest BCUT2D eigenvalue weighted by atomic mass is 35.5. The number of rotatable bonds is 4. The zero-order valence-corrected chi connectivity index (χ0v) is 12.4. The van der Waals surface area contributed by atoms with Crippen LogP contribution in [0.15, 0.2) is 24.3 Å². The van der Waals surface area contributed by atoms with Gasteiger partial charge in [-0.2, -0.15) is 0 Å². The maximum absolute atomic E-state index is 12.1. The summed E-state index contributed by atoms with van der Waals surface area (Å²) in [7, 11) is 0. The predicted molar refractivity (Wildman–Crippen MR) is 77.1 cm³/mol. The van der Waals surface area contributed by atoms with Crippen molar-refractivity contribution in [3.63, 3.8) is 0 Å². The quantitative estimate of drug-likeness (QED) is 0.921. The van der Waals surface area contributed by atoms with Crippen molar-refractivity contribution >= 4 is 35.2 Å². The Morgan fingerprint density at radius 3 is 2.95 bits per heavy atom. The molecule has 0 saturated carbocycles. The Morgan fingerprint density at radius 1 is 1.55 bits per heavy atom. The summed E-state index contributed by atoms with van der Waals surface area (Å²) in [6.45, 7) is 1.61. The van der Waals surface area contributed by atoms with E-state index in [0.29, 0.717) is 16.5 Å². The van der Waals surface area contributed by atoms with Crippen LogP contribution in [0.1, 0.15) is 6.92 Å². The van der Waals surface area contributed by atoms with E-state index in [4.69, 9.17) is 21.4 Å². The van der Waals surface area contributed by atoms with Crippen LogP contribution in [-0.4, -0.2) is 45.7 Å². The topological polar surface area (TPSA) is 66.8 Å². The van der Waals surface area contributed by atoms with Gasteiger partial charge >= 0.3 is 5.97 Å². The molecule has 2 rings (SSSR count). The van der Waals surface area contributed by atoms with Crippen LogP contribution in [0.3, 0.4) is 0 Å². The number of hydrogen-bond acceptors (Lipinski definition) is 4. The third-order valence-electron chi connectivity index (χ3n) is 2.95. The summed E-state index contributed by atoms with van der Waals surface area (Å²) < 4.78 is 5.36. The Labute approximate surface area is 125 Å². The second kappa shape index (κ2) is 6.37. The molecule has 0 spiro atoms. The van der Waals surface area contributed by atoms with Gasteiger partial charge in [-0.1, -0.05) is 17.7 Å². The first-order valence-electron chi connectivity index (χ1n) is 6.03. The lowest BCUT2D eigenvalue weighted by molar-refractivity contribution is -0.149. The number of carboxylic acid groups (broad SMARTS) is 1. The number of carboxylic acids is 1. The van der Waals surface area contributed by atoms with E-state index in [2.05, 4.69) is 0 Å². The maximum atomic E-state index is 12.1. The second-order valence-electron chi connectivity index (χ2n) is 4.33. The van der Waals surface area contributed by atoms with Crippen molar-refractivity contribution in [2.24, 2.45) is 0 Å². The Kier molecular flexibility index (Phi) is 4.77. The maximum Gasteiger partial charge on any atom is 0.327 e. The van der Waals surface area contributed by atoms with E-state index < -0.39 is 12.0 Å². The molecule has 0 radical (unpaired) electrons. The molecule has 5 nitrogen and oxygen atoms in total. The molecule has 7 heteroatoms. The summed E-state index contributed by atoms with van der Waals surface area (Å²) in [5.74, 6) is -0.440. The van der Waals surface area contributed by atoms with Gasteiger partial charge in [-0.15, -0.1) is 11.8 Å². The number of hydrogen-bond donors (Lipinski definition) is 1. The van der Waals surface area contributed by atoms with Gasteiger partial charge in [0.2, 0.25) is 0 Å². The predicted octanol–water partition coefficient (Wildman–Crippen LogP) is 2.09. The fourth-order valence-corrected chi connectivity index (χ4v) is 3.36. The van der Waals surface area contributed by atoms with Crippen molar-refractivity contribution < 1.29 is 19.4 Å². The molecule has 20 heavy (non-hydrogen) atoms. The SMILES string of the molecule is CC1SCC(C(=O)O)N1C(=O)COc1cccc(Cl)c1. The molecular formula is C13H14ClNO4S. The van der Waals surface area contributed by atoms with Crippen LogP contribution in [0.25, 0.3) is 0 Å². The summed E-state index contributed by atoms with van der Waals surface area (Å²) in [5.41, 5.74) is 0. The average Bonchev–Trinajstić information content (AvgIpc) is 2.78. The largest absolute Gasteiger partial charge is 0.484 e. The summed E-state index contributed by atoms with van der Waals surface area (Å²) in [6.07, 6.45) is 0. The summed E-state index contributed by atoms with van der Waals surface area (Å²) >= 11 is 7.26. The molecule has 1 amide bonds.